The largest absolute Gasteiger partial charge is 0.399 e. The molecule has 0 radical (unpaired) electrons. The van der Waals surface area contributed by atoms with Crippen LogP contribution in [0.3, 0.4) is 0 Å². The van der Waals surface area contributed by atoms with Crippen LogP contribution in [0, 0.1) is 11.6 Å². The topological polar surface area (TPSA) is 55.1 Å². The number of amides is 1. The molecule has 0 aliphatic heterocycles. The molecule has 2 aromatic rings. The molecule has 0 atom stereocenters. The summed E-state index contributed by atoms with van der Waals surface area (Å²) in [5.74, 6) is -1.81. The van der Waals surface area contributed by atoms with Crippen LogP contribution in [0.2, 0.25) is 5.02 Å². The number of benzene rings is 2. The van der Waals surface area contributed by atoms with E-state index in [-0.39, 0.29) is 22.0 Å². The number of hydrogen-bond donors (Lipinski definition) is 2. The molecule has 6 heteroatoms. The van der Waals surface area contributed by atoms with Crippen molar-refractivity contribution < 1.29 is 13.6 Å². The molecule has 0 bridgehead atoms. The lowest BCUT2D eigenvalue weighted by molar-refractivity contribution is 0.102. The second-order valence-electron chi connectivity index (χ2n) is 3.89. The van der Waals surface area contributed by atoms with Crippen molar-refractivity contribution in [3.63, 3.8) is 0 Å². The van der Waals surface area contributed by atoms with Crippen LogP contribution in [-0.4, -0.2) is 5.91 Å². The van der Waals surface area contributed by atoms with Gasteiger partial charge in [-0.05, 0) is 36.4 Å². The maximum atomic E-state index is 13.1. The Morgan fingerprint density at radius 2 is 1.74 bits per heavy atom. The van der Waals surface area contributed by atoms with E-state index in [0.717, 1.165) is 24.3 Å². The zero-order valence-electron chi connectivity index (χ0n) is 9.58. The highest BCUT2D eigenvalue weighted by atomic mass is 35.5. The summed E-state index contributed by atoms with van der Waals surface area (Å²) in [6, 6.07) is 7.04. The average molecular weight is 283 g/mol. The third kappa shape index (κ3) is 3.42. The van der Waals surface area contributed by atoms with E-state index in [2.05, 4.69) is 5.32 Å². The number of nitrogens with one attached hydrogen (secondary N) is 1. The van der Waals surface area contributed by atoms with Crippen molar-refractivity contribution in [1.82, 2.24) is 0 Å². The number of carbonyl (C=O) groups is 1. The summed E-state index contributed by atoms with van der Waals surface area (Å²) in [4.78, 5) is 11.8. The smallest absolute Gasteiger partial charge is 0.255 e. The summed E-state index contributed by atoms with van der Waals surface area (Å²) in [6.07, 6.45) is 0. The fourth-order valence-electron chi connectivity index (χ4n) is 1.57. The number of nitrogens with two attached hydrogens (primary N) is 1. The van der Waals surface area contributed by atoms with Gasteiger partial charge in [-0.1, -0.05) is 11.6 Å². The molecule has 0 fully saturated rings. The first-order chi connectivity index (χ1) is 8.94. The van der Waals surface area contributed by atoms with Crippen molar-refractivity contribution >= 4 is 28.9 Å². The lowest BCUT2D eigenvalue weighted by atomic mass is 10.1. The molecule has 0 saturated carbocycles. The van der Waals surface area contributed by atoms with Crippen molar-refractivity contribution in [3.8, 4) is 0 Å². The van der Waals surface area contributed by atoms with E-state index in [0.29, 0.717) is 0 Å². The van der Waals surface area contributed by atoms with Gasteiger partial charge < -0.3 is 11.1 Å². The van der Waals surface area contributed by atoms with Crippen molar-refractivity contribution in [2.45, 2.75) is 0 Å². The lowest BCUT2D eigenvalue weighted by Crippen LogP contribution is -2.12. The number of anilines is 2. The monoisotopic (exact) mass is 282 g/mol. The normalized spacial score (nSPS) is 10.3. The molecule has 98 valence electrons. The lowest BCUT2D eigenvalue weighted by Gasteiger charge is -2.07. The van der Waals surface area contributed by atoms with Gasteiger partial charge in [-0.25, -0.2) is 8.78 Å². The molecule has 0 aliphatic carbocycles. The van der Waals surface area contributed by atoms with Gasteiger partial charge in [0.2, 0.25) is 0 Å². The molecule has 1 amide bonds. The molecule has 3 nitrogen and oxygen atoms in total. The van der Waals surface area contributed by atoms with Crippen LogP contribution < -0.4 is 11.1 Å². The van der Waals surface area contributed by atoms with E-state index in [1.54, 1.807) is 0 Å². The second-order valence-corrected chi connectivity index (χ2v) is 4.32. The van der Waals surface area contributed by atoms with E-state index < -0.39 is 17.5 Å². The number of carbonyl (C=O) groups excluding carboxylic acids is 1. The third-order valence-corrected chi connectivity index (χ3v) is 2.52. The predicted octanol–water partition coefficient (Wildman–Crippen LogP) is 3.45. The van der Waals surface area contributed by atoms with Crippen LogP contribution in [-0.2, 0) is 0 Å². The Balaban J connectivity index is 2.25. The summed E-state index contributed by atoms with van der Waals surface area (Å²) in [7, 11) is 0. The first-order valence-electron chi connectivity index (χ1n) is 5.27. The molecular formula is C13H9ClF2N2O. The second kappa shape index (κ2) is 5.24. The Hall–Kier alpha value is -2.14. The molecular weight excluding hydrogens is 274 g/mol. The Labute approximate surface area is 113 Å². The number of rotatable bonds is 2. The minimum atomic E-state index is -0.623. The van der Waals surface area contributed by atoms with Crippen LogP contribution in [0.25, 0.3) is 0 Å². The molecule has 0 heterocycles. The van der Waals surface area contributed by atoms with Gasteiger partial charge in [0.05, 0.1) is 0 Å². The van der Waals surface area contributed by atoms with Crippen molar-refractivity contribution in [2.24, 2.45) is 0 Å². The molecule has 0 saturated heterocycles. The minimum Gasteiger partial charge on any atom is -0.399 e. The van der Waals surface area contributed by atoms with Crippen molar-refractivity contribution in [2.75, 3.05) is 11.1 Å². The molecule has 3 N–H and O–H groups in total. The van der Waals surface area contributed by atoms with Gasteiger partial charge in [-0.15, -0.1) is 0 Å². The van der Waals surface area contributed by atoms with Crippen LogP contribution in [0.15, 0.2) is 36.4 Å². The highest BCUT2D eigenvalue weighted by molar-refractivity contribution is 6.31. The van der Waals surface area contributed by atoms with Gasteiger partial charge in [0.15, 0.2) is 0 Å². The van der Waals surface area contributed by atoms with Gasteiger partial charge >= 0.3 is 0 Å². The van der Waals surface area contributed by atoms with E-state index >= 15 is 0 Å². The molecule has 0 aromatic heterocycles. The zero-order valence-corrected chi connectivity index (χ0v) is 10.3. The quantitative estimate of drug-likeness (QED) is 0.829. The summed E-state index contributed by atoms with van der Waals surface area (Å²) in [6.45, 7) is 0. The third-order valence-electron chi connectivity index (χ3n) is 2.30. The first-order valence-corrected chi connectivity index (χ1v) is 5.65. The van der Waals surface area contributed by atoms with Gasteiger partial charge in [0, 0.05) is 22.0 Å². The molecule has 2 aromatic carbocycles. The molecule has 0 unspecified atom stereocenters. The SMILES string of the molecule is Nc1cc(F)cc(C(=O)Nc2cc(F)cc(Cl)c2)c1. The fraction of sp³-hybridized carbons (Fsp3) is 0. The van der Waals surface area contributed by atoms with Crippen molar-refractivity contribution in [3.05, 3.63) is 58.6 Å². The van der Waals surface area contributed by atoms with E-state index in [4.69, 9.17) is 17.3 Å². The molecule has 19 heavy (non-hydrogen) atoms. The van der Waals surface area contributed by atoms with Gasteiger partial charge in [-0.3, -0.25) is 4.79 Å². The maximum Gasteiger partial charge on any atom is 0.255 e. The summed E-state index contributed by atoms with van der Waals surface area (Å²) in [5, 5.41) is 2.56. The van der Waals surface area contributed by atoms with E-state index in [1.165, 1.54) is 12.1 Å². The summed E-state index contributed by atoms with van der Waals surface area (Å²) in [5.41, 5.74) is 5.78. The van der Waals surface area contributed by atoms with Crippen molar-refractivity contribution in [1.29, 1.82) is 0 Å². The zero-order chi connectivity index (χ0) is 14.0. The Morgan fingerprint density at radius 1 is 1.05 bits per heavy atom. The molecule has 2 rings (SSSR count). The van der Waals surface area contributed by atoms with Crippen LogP contribution in [0.4, 0.5) is 20.2 Å². The Bertz CT molecular complexity index is 606. The molecule has 0 aliphatic rings. The Kier molecular flexibility index (Phi) is 3.66. The minimum absolute atomic E-state index is 0.0397. The summed E-state index contributed by atoms with van der Waals surface area (Å²) >= 11 is 5.66. The summed E-state index contributed by atoms with van der Waals surface area (Å²) < 4.78 is 26.2. The van der Waals surface area contributed by atoms with E-state index in [1.807, 2.05) is 0 Å². The average Bonchev–Trinajstić information content (AvgIpc) is 2.25. The van der Waals surface area contributed by atoms with Gasteiger partial charge in [0.1, 0.15) is 11.6 Å². The van der Waals surface area contributed by atoms with Gasteiger partial charge in [-0.2, -0.15) is 0 Å². The van der Waals surface area contributed by atoms with Crippen LogP contribution in [0.5, 0.6) is 0 Å². The van der Waals surface area contributed by atoms with Crippen LogP contribution in [0.1, 0.15) is 10.4 Å². The predicted molar refractivity (Wildman–Crippen MR) is 70.2 cm³/mol. The van der Waals surface area contributed by atoms with Crippen LogP contribution >= 0.6 is 11.6 Å². The fourth-order valence-corrected chi connectivity index (χ4v) is 1.79. The number of hydrogen-bond acceptors (Lipinski definition) is 2. The maximum absolute atomic E-state index is 13.1. The standard InChI is InChI=1S/C13H9ClF2N2O/c14-8-3-10(16)6-12(4-8)18-13(19)7-1-9(15)5-11(17)2-7/h1-6H,17H2,(H,18,19). The Morgan fingerprint density at radius 3 is 2.37 bits per heavy atom. The number of nitrogen functional groups attached to an aromatic ring is 1. The number of halogens is 3. The first kappa shape index (κ1) is 13.3. The highest BCUT2D eigenvalue weighted by Gasteiger charge is 2.09. The highest BCUT2D eigenvalue weighted by Crippen LogP contribution is 2.19. The van der Waals surface area contributed by atoms with E-state index in [9.17, 15) is 13.6 Å². The van der Waals surface area contributed by atoms with Gasteiger partial charge in [0.25, 0.3) is 5.91 Å². The molecule has 0 spiro atoms.